The summed E-state index contributed by atoms with van der Waals surface area (Å²) in [6.45, 7) is 6.33. The Bertz CT molecular complexity index is 1260. The highest BCUT2D eigenvalue weighted by Crippen LogP contribution is 2.28. The molecule has 0 amide bonds. The molecule has 160 valence electrons. The van der Waals surface area contributed by atoms with Crippen LogP contribution in [0.2, 0.25) is 0 Å². The smallest absolute Gasteiger partial charge is 0.179 e. The Labute approximate surface area is 181 Å². The first-order valence-corrected chi connectivity index (χ1v) is 10.9. The number of carbonyl (C=O) groups is 1. The molecule has 0 spiro atoms. The number of para-hydroxylation sites is 2. The number of rotatable bonds is 5. The van der Waals surface area contributed by atoms with Gasteiger partial charge in [0.05, 0.1) is 36.1 Å². The molecule has 4 aromatic rings. The third kappa shape index (κ3) is 3.77. The molecule has 6 nitrogen and oxygen atoms in total. The maximum atomic E-state index is 13.1. The summed E-state index contributed by atoms with van der Waals surface area (Å²) < 4.78 is 2.04. The van der Waals surface area contributed by atoms with Gasteiger partial charge in [-0.3, -0.25) is 9.69 Å². The van der Waals surface area contributed by atoms with Gasteiger partial charge in [0.15, 0.2) is 5.78 Å². The maximum absolute atomic E-state index is 13.1. The van der Waals surface area contributed by atoms with Crippen LogP contribution in [0, 0.1) is 13.8 Å². The fraction of sp³-hybridized carbons (Fsp3) is 0.360. The number of likely N-dealkylation sites (tertiary alicyclic amines) is 1. The summed E-state index contributed by atoms with van der Waals surface area (Å²) in [6, 6.07) is 14.1. The summed E-state index contributed by atoms with van der Waals surface area (Å²) in [4.78, 5) is 23.1. The molecule has 1 saturated heterocycles. The summed E-state index contributed by atoms with van der Waals surface area (Å²) in [5.41, 5.74) is 5.11. The number of aryl methyl sites for hydroxylation is 2. The molecule has 6 heteroatoms. The first-order valence-electron chi connectivity index (χ1n) is 10.9. The van der Waals surface area contributed by atoms with Crippen LogP contribution >= 0.6 is 0 Å². The minimum Gasteiger partial charge on any atom is -0.388 e. The second kappa shape index (κ2) is 7.62. The molecule has 2 aromatic carbocycles. The number of aromatic nitrogens is 3. The summed E-state index contributed by atoms with van der Waals surface area (Å²) in [5.74, 6) is 0.138. The van der Waals surface area contributed by atoms with E-state index in [1.807, 2.05) is 47.9 Å². The molecule has 0 aliphatic carbocycles. The molecule has 2 aromatic heterocycles. The lowest BCUT2D eigenvalue weighted by Gasteiger charge is -2.38. The number of imidazole rings is 1. The lowest BCUT2D eigenvalue weighted by molar-refractivity contribution is -0.0320. The van der Waals surface area contributed by atoms with Gasteiger partial charge in [0, 0.05) is 35.2 Å². The van der Waals surface area contributed by atoms with E-state index in [-0.39, 0.29) is 5.78 Å². The number of ketones is 1. The minimum absolute atomic E-state index is 0.138. The van der Waals surface area contributed by atoms with Gasteiger partial charge in [0.1, 0.15) is 0 Å². The zero-order valence-electron chi connectivity index (χ0n) is 18.1. The van der Waals surface area contributed by atoms with E-state index in [9.17, 15) is 9.90 Å². The second-order valence-corrected chi connectivity index (χ2v) is 8.96. The molecule has 1 fully saturated rings. The first kappa shape index (κ1) is 20.0. The monoisotopic (exact) mass is 416 g/mol. The van der Waals surface area contributed by atoms with Gasteiger partial charge in [-0.15, -0.1) is 0 Å². The van der Waals surface area contributed by atoms with Crippen molar-refractivity contribution >= 4 is 27.7 Å². The number of hydrogen-bond donors (Lipinski definition) is 2. The van der Waals surface area contributed by atoms with Crippen LogP contribution in [0.3, 0.4) is 0 Å². The van der Waals surface area contributed by atoms with Crippen molar-refractivity contribution in [3.8, 4) is 0 Å². The predicted molar refractivity (Wildman–Crippen MR) is 122 cm³/mol. The van der Waals surface area contributed by atoms with E-state index in [1.54, 1.807) is 6.33 Å². The number of fused-ring (bicyclic) bond motifs is 2. The highest BCUT2D eigenvalue weighted by atomic mass is 16.3. The number of nitrogens with zero attached hydrogens (tertiary/aromatic N) is 3. The van der Waals surface area contributed by atoms with Gasteiger partial charge in [-0.25, -0.2) is 4.98 Å². The first-order chi connectivity index (χ1) is 14.9. The Morgan fingerprint density at radius 1 is 1.16 bits per heavy atom. The summed E-state index contributed by atoms with van der Waals surface area (Å²) >= 11 is 0. The summed E-state index contributed by atoms with van der Waals surface area (Å²) in [6.07, 6.45) is 3.08. The molecule has 5 rings (SSSR count). The van der Waals surface area contributed by atoms with Gasteiger partial charge in [-0.05, 0) is 50.5 Å². The van der Waals surface area contributed by atoms with Crippen molar-refractivity contribution in [1.29, 1.82) is 0 Å². The molecule has 31 heavy (non-hydrogen) atoms. The van der Waals surface area contributed by atoms with Crippen LogP contribution < -0.4 is 0 Å². The average Bonchev–Trinajstić information content (AvgIpc) is 3.29. The van der Waals surface area contributed by atoms with Crippen molar-refractivity contribution in [3.63, 3.8) is 0 Å². The number of Topliss-reactive ketones (excluding diaryl/α,β-unsaturated/α-hetero) is 1. The second-order valence-electron chi connectivity index (χ2n) is 8.96. The Morgan fingerprint density at radius 3 is 2.74 bits per heavy atom. The number of piperidine rings is 1. The van der Waals surface area contributed by atoms with Crippen molar-refractivity contribution in [2.75, 3.05) is 19.6 Å². The number of nitrogens with one attached hydrogen (secondary N) is 1. The van der Waals surface area contributed by atoms with Gasteiger partial charge < -0.3 is 14.7 Å². The molecular weight excluding hydrogens is 388 g/mol. The van der Waals surface area contributed by atoms with Crippen LogP contribution in [0.5, 0.6) is 0 Å². The number of H-pyrrole nitrogens is 1. The minimum atomic E-state index is -0.781. The topological polar surface area (TPSA) is 74.2 Å². The Morgan fingerprint density at radius 2 is 1.94 bits per heavy atom. The predicted octanol–water partition coefficient (Wildman–Crippen LogP) is 3.84. The Kier molecular flexibility index (Phi) is 4.91. The highest BCUT2D eigenvalue weighted by Gasteiger charge is 2.34. The van der Waals surface area contributed by atoms with Crippen molar-refractivity contribution in [2.24, 2.45) is 0 Å². The SMILES string of the molecule is Cc1ccc2c(C(=O)CN3CCC(O)(Cn4cnc5ccccc54)CC3)c(C)[nH]c2c1. The number of aliphatic hydroxyl groups is 1. The molecule has 0 bridgehead atoms. The Balaban J connectivity index is 1.26. The van der Waals surface area contributed by atoms with Crippen molar-refractivity contribution < 1.29 is 9.90 Å². The standard InChI is InChI=1S/C25H28N4O2/c1-17-7-8-19-21(13-17)27-18(2)24(19)23(30)14-28-11-9-25(31,10-12-28)15-29-16-26-20-5-3-4-6-22(20)29/h3-8,13,16,27,31H,9-12,14-15H2,1-2H3. The molecule has 0 unspecified atom stereocenters. The van der Waals surface area contributed by atoms with Gasteiger partial charge >= 0.3 is 0 Å². The fourth-order valence-corrected chi connectivity index (χ4v) is 4.83. The van der Waals surface area contributed by atoms with Crippen molar-refractivity contribution in [2.45, 2.75) is 38.8 Å². The molecule has 0 radical (unpaired) electrons. The van der Waals surface area contributed by atoms with E-state index in [4.69, 9.17) is 0 Å². The van der Waals surface area contributed by atoms with E-state index in [0.717, 1.165) is 33.2 Å². The van der Waals surface area contributed by atoms with E-state index in [0.29, 0.717) is 39.0 Å². The molecule has 0 atom stereocenters. The molecule has 2 N–H and O–H groups in total. The third-order valence-corrected chi connectivity index (χ3v) is 6.57. The van der Waals surface area contributed by atoms with E-state index >= 15 is 0 Å². The number of benzene rings is 2. The van der Waals surface area contributed by atoms with Crippen LogP contribution in [0.1, 0.15) is 34.5 Å². The van der Waals surface area contributed by atoms with Gasteiger partial charge in [0.25, 0.3) is 0 Å². The zero-order valence-corrected chi connectivity index (χ0v) is 18.1. The molecule has 3 heterocycles. The van der Waals surface area contributed by atoms with E-state index < -0.39 is 5.60 Å². The number of hydrogen-bond acceptors (Lipinski definition) is 4. The number of aromatic amines is 1. The van der Waals surface area contributed by atoms with Crippen LogP contribution in [0.15, 0.2) is 48.8 Å². The van der Waals surface area contributed by atoms with Gasteiger partial charge in [-0.1, -0.05) is 24.3 Å². The van der Waals surface area contributed by atoms with E-state index in [2.05, 4.69) is 27.9 Å². The lowest BCUT2D eigenvalue weighted by Crippen LogP contribution is -2.48. The molecule has 0 saturated carbocycles. The normalized spacial score (nSPS) is 16.9. The molecule has 1 aliphatic heterocycles. The van der Waals surface area contributed by atoms with Crippen molar-refractivity contribution in [1.82, 2.24) is 19.4 Å². The summed E-state index contributed by atoms with van der Waals surface area (Å²) in [7, 11) is 0. The van der Waals surface area contributed by atoms with Crippen LogP contribution in [0.4, 0.5) is 0 Å². The quantitative estimate of drug-likeness (QED) is 0.485. The van der Waals surface area contributed by atoms with Crippen LogP contribution in [-0.2, 0) is 6.54 Å². The van der Waals surface area contributed by atoms with Crippen LogP contribution in [-0.4, -0.2) is 55.6 Å². The van der Waals surface area contributed by atoms with Crippen LogP contribution in [0.25, 0.3) is 21.9 Å². The highest BCUT2D eigenvalue weighted by molar-refractivity contribution is 6.10. The van der Waals surface area contributed by atoms with Gasteiger partial charge in [0.2, 0.25) is 0 Å². The zero-order chi connectivity index (χ0) is 21.6. The summed E-state index contributed by atoms with van der Waals surface area (Å²) in [5, 5.41) is 12.2. The van der Waals surface area contributed by atoms with E-state index in [1.165, 1.54) is 5.56 Å². The Hall–Kier alpha value is -2.96. The average molecular weight is 417 g/mol. The maximum Gasteiger partial charge on any atom is 0.179 e. The van der Waals surface area contributed by atoms with Crippen molar-refractivity contribution in [3.05, 3.63) is 65.6 Å². The van der Waals surface area contributed by atoms with Gasteiger partial charge in [-0.2, -0.15) is 0 Å². The number of carbonyl (C=O) groups excluding carboxylic acids is 1. The fourth-order valence-electron chi connectivity index (χ4n) is 4.83. The molecule has 1 aliphatic rings. The molecular formula is C25H28N4O2. The largest absolute Gasteiger partial charge is 0.388 e. The lowest BCUT2D eigenvalue weighted by atomic mass is 9.91. The third-order valence-electron chi connectivity index (χ3n) is 6.57.